The highest BCUT2D eigenvalue weighted by molar-refractivity contribution is 7.07. The van der Waals surface area contributed by atoms with E-state index in [0.717, 1.165) is 0 Å². The van der Waals surface area contributed by atoms with Crippen LogP contribution in [0.5, 0.6) is 0 Å². The number of nitrogens with one attached hydrogen (secondary N) is 3. The van der Waals surface area contributed by atoms with Crippen LogP contribution in [0.25, 0.3) is 0 Å². The van der Waals surface area contributed by atoms with E-state index in [4.69, 9.17) is 9.47 Å². The number of carbonyl (C=O) groups is 3. The molecule has 152 valence electrons. The summed E-state index contributed by atoms with van der Waals surface area (Å²) in [6.45, 7) is 7.15. The Balaban J connectivity index is 2.07. The highest BCUT2D eigenvalue weighted by Crippen LogP contribution is 2.13. The van der Waals surface area contributed by atoms with Gasteiger partial charge in [0.15, 0.2) is 0 Å². The lowest BCUT2D eigenvalue weighted by Gasteiger charge is -2.23. The summed E-state index contributed by atoms with van der Waals surface area (Å²) < 4.78 is 10.1. The topological polar surface area (TPSA) is 122 Å². The van der Waals surface area contributed by atoms with Crippen molar-refractivity contribution in [2.75, 3.05) is 11.9 Å². The van der Waals surface area contributed by atoms with Crippen LogP contribution in [0.4, 0.5) is 10.5 Å². The molecule has 0 fully saturated rings. The number of esters is 1. The number of ether oxygens (including phenoxy) is 2. The summed E-state index contributed by atoms with van der Waals surface area (Å²) in [6, 6.07) is 0.557. The average molecular weight is 408 g/mol. The normalized spacial score (nSPS) is 12.1. The van der Waals surface area contributed by atoms with E-state index in [9.17, 15) is 14.4 Å². The van der Waals surface area contributed by atoms with E-state index in [1.165, 1.54) is 23.6 Å². The number of anilines is 1. The van der Waals surface area contributed by atoms with Crippen molar-refractivity contribution in [1.82, 2.24) is 15.3 Å². The first kappa shape index (κ1) is 21.4. The molecule has 10 heteroatoms. The van der Waals surface area contributed by atoms with E-state index in [1.54, 1.807) is 38.6 Å². The molecule has 2 rings (SSSR count). The number of H-pyrrole nitrogens is 1. The quantitative estimate of drug-likeness (QED) is 0.606. The number of carbonyl (C=O) groups excluding carboxylic acids is 3. The molecule has 9 nitrogen and oxygen atoms in total. The minimum absolute atomic E-state index is 0.198. The number of thiazole rings is 1. The Morgan fingerprint density at radius 2 is 2.07 bits per heavy atom. The number of hydrogen-bond donors (Lipinski definition) is 3. The minimum Gasteiger partial charge on any atom is -0.461 e. The second-order valence-corrected chi connectivity index (χ2v) is 7.61. The Hall–Kier alpha value is -2.88. The molecular formula is C18H24N4O5S. The highest BCUT2D eigenvalue weighted by atomic mass is 32.1. The Bertz CT molecular complexity index is 810. The summed E-state index contributed by atoms with van der Waals surface area (Å²) in [5.74, 6) is -0.984. The van der Waals surface area contributed by atoms with Crippen molar-refractivity contribution in [2.24, 2.45) is 0 Å². The zero-order valence-electron chi connectivity index (χ0n) is 16.2. The molecule has 0 aliphatic carbocycles. The molecule has 3 N–H and O–H groups in total. The molecule has 2 aromatic heterocycles. The Morgan fingerprint density at radius 1 is 1.32 bits per heavy atom. The van der Waals surface area contributed by atoms with Gasteiger partial charge in [-0.25, -0.2) is 14.6 Å². The van der Waals surface area contributed by atoms with Crippen LogP contribution in [-0.2, 0) is 20.7 Å². The van der Waals surface area contributed by atoms with Crippen LogP contribution in [0.2, 0.25) is 0 Å². The fourth-order valence-corrected chi connectivity index (χ4v) is 2.80. The van der Waals surface area contributed by atoms with Gasteiger partial charge in [0.1, 0.15) is 17.3 Å². The number of rotatable bonds is 7. The summed E-state index contributed by atoms with van der Waals surface area (Å²) in [6.07, 6.45) is 0.963. The molecular weight excluding hydrogens is 384 g/mol. The Morgan fingerprint density at radius 3 is 2.68 bits per heavy atom. The van der Waals surface area contributed by atoms with Crippen molar-refractivity contribution in [2.45, 2.75) is 45.8 Å². The molecule has 28 heavy (non-hydrogen) atoms. The number of alkyl carbamates (subject to hydrolysis) is 1. The van der Waals surface area contributed by atoms with Gasteiger partial charge in [0.25, 0.3) is 0 Å². The standard InChI is InChI=1S/C18H24N4O5S/c1-5-26-16(24)14-6-11(8-19-14)21-15(23)13(7-12-9-28-10-20-12)22-17(25)27-18(2,3)4/h6,8-10,13,19H,5,7H2,1-4H3,(H,21,23)(H,22,25). The monoisotopic (exact) mass is 408 g/mol. The van der Waals surface area contributed by atoms with Gasteiger partial charge in [0.05, 0.1) is 23.5 Å². The molecule has 2 heterocycles. The zero-order valence-corrected chi connectivity index (χ0v) is 17.0. The van der Waals surface area contributed by atoms with Crippen LogP contribution >= 0.6 is 11.3 Å². The fourth-order valence-electron chi connectivity index (χ4n) is 2.23. The van der Waals surface area contributed by atoms with Crippen LogP contribution in [0, 0.1) is 0 Å². The molecule has 0 radical (unpaired) electrons. The molecule has 0 aliphatic heterocycles. The molecule has 2 amide bonds. The van der Waals surface area contributed by atoms with Crippen LogP contribution in [0.3, 0.4) is 0 Å². The van der Waals surface area contributed by atoms with Gasteiger partial charge in [-0.15, -0.1) is 11.3 Å². The predicted molar refractivity (Wildman–Crippen MR) is 104 cm³/mol. The third-order valence-electron chi connectivity index (χ3n) is 3.35. The lowest BCUT2D eigenvalue weighted by atomic mass is 10.1. The van der Waals surface area contributed by atoms with Crippen LogP contribution in [0.15, 0.2) is 23.2 Å². The molecule has 0 saturated carbocycles. The van der Waals surface area contributed by atoms with Gasteiger partial charge in [-0.1, -0.05) is 0 Å². The molecule has 0 spiro atoms. The smallest absolute Gasteiger partial charge is 0.408 e. The van der Waals surface area contributed by atoms with E-state index >= 15 is 0 Å². The maximum absolute atomic E-state index is 12.7. The fraction of sp³-hybridized carbons (Fsp3) is 0.444. The number of aromatic amines is 1. The van der Waals surface area contributed by atoms with Crippen LogP contribution in [-0.4, -0.2) is 46.2 Å². The van der Waals surface area contributed by atoms with Gasteiger partial charge in [0.2, 0.25) is 5.91 Å². The van der Waals surface area contributed by atoms with E-state index in [-0.39, 0.29) is 18.7 Å². The van der Waals surface area contributed by atoms with Crippen molar-refractivity contribution >= 4 is 35.0 Å². The third kappa shape index (κ3) is 6.69. The highest BCUT2D eigenvalue weighted by Gasteiger charge is 2.26. The third-order valence-corrected chi connectivity index (χ3v) is 3.99. The molecule has 0 bridgehead atoms. The minimum atomic E-state index is -0.905. The lowest BCUT2D eigenvalue weighted by Crippen LogP contribution is -2.47. The average Bonchev–Trinajstić information content (AvgIpc) is 3.24. The molecule has 0 saturated heterocycles. The van der Waals surface area contributed by atoms with Gasteiger partial charge in [-0.3, -0.25) is 4.79 Å². The van der Waals surface area contributed by atoms with Gasteiger partial charge in [-0.2, -0.15) is 0 Å². The second kappa shape index (κ2) is 9.36. The summed E-state index contributed by atoms with van der Waals surface area (Å²) in [4.78, 5) is 43.4. The van der Waals surface area contributed by atoms with E-state index < -0.39 is 29.6 Å². The van der Waals surface area contributed by atoms with E-state index in [2.05, 4.69) is 20.6 Å². The number of nitrogens with zero attached hydrogens (tertiary/aromatic N) is 1. The largest absolute Gasteiger partial charge is 0.461 e. The molecule has 0 aliphatic rings. The maximum Gasteiger partial charge on any atom is 0.408 e. The first-order chi connectivity index (χ1) is 13.2. The summed E-state index contributed by atoms with van der Waals surface area (Å²) in [5.41, 5.74) is 2.22. The van der Waals surface area contributed by atoms with Crippen molar-refractivity contribution < 1.29 is 23.9 Å². The number of aromatic nitrogens is 2. The first-order valence-electron chi connectivity index (χ1n) is 8.71. The molecule has 2 aromatic rings. The van der Waals surface area contributed by atoms with Crippen molar-refractivity contribution in [3.05, 3.63) is 34.5 Å². The number of amides is 2. The molecule has 1 unspecified atom stereocenters. The van der Waals surface area contributed by atoms with Crippen LogP contribution in [0.1, 0.15) is 43.9 Å². The van der Waals surface area contributed by atoms with Crippen molar-refractivity contribution in [1.29, 1.82) is 0 Å². The SMILES string of the molecule is CCOC(=O)c1cc(NC(=O)C(Cc2cscn2)NC(=O)OC(C)(C)C)c[nH]1. The summed E-state index contributed by atoms with van der Waals surface area (Å²) >= 11 is 1.39. The van der Waals surface area contributed by atoms with Gasteiger partial charge >= 0.3 is 12.1 Å². The van der Waals surface area contributed by atoms with Crippen LogP contribution < -0.4 is 10.6 Å². The number of hydrogen-bond acceptors (Lipinski definition) is 7. The van der Waals surface area contributed by atoms with E-state index in [1.807, 2.05) is 0 Å². The van der Waals surface area contributed by atoms with Crippen molar-refractivity contribution in [3.8, 4) is 0 Å². The van der Waals surface area contributed by atoms with Gasteiger partial charge in [-0.05, 0) is 33.8 Å². The molecule has 0 aromatic carbocycles. The van der Waals surface area contributed by atoms with E-state index in [0.29, 0.717) is 11.4 Å². The summed E-state index contributed by atoms with van der Waals surface area (Å²) in [7, 11) is 0. The Labute approximate surface area is 166 Å². The molecule has 1 atom stereocenters. The predicted octanol–water partition coefficient (Wildman–Crippen LogP) is 2.72. The summed E-state index contributed by atoms with van der Waals surface area (Å²) in [5, 5.41) is 7.04. The van der Waals surface area contributed by atoms with Gasteiger partial charge < -0.3 is 25.1 Å². The first-order valence-corrected chi connectivity index (χ1v) is 9.65. The second-order valence-electron chi connectivity index (χ2n) is 6.89. The maximum atomic E-state index is 12.7. The Kier molecular flexibility index (Phi) is 7.16. The van der Waals surface area contributed by atoms with Crippen molar-refractivity contribution in [3.63, 3.8) is 0 Å². The zero-order chi connectivity index (χ0) is 20.7. The lowest BCUT2D eigenvalue weighted by molar-refractivity contribution is -0.118. The van der Waals surface area contributed by atoms with Gasteiger partial charge in [0, 0.05) is 18.0 Å².